The maximum atomic E-state index is 12.0. The number of hydrogen-bond donors (Lipinski definition) is 2. The maximum Gasteiger partial charge on any atom is 0.321 e. The van der Waals surface area contributed by atoms with Gasteiger partial charge in [0.25, 0.3) is 0 Å². The average molecular weight is 342 g/mol. The summed E-state index contributed by atoms with van der Waals surface area (Å²) in [5.74, 6) is -5.44. The molecular formula is C13H12BrNO5. The van der Waals surface area contributed by atoms with Crippen LogP contribution >= 0.6 is 15.9 Å². The molecule has 0 aromatic heterocycles. The van der Waals surface area contributed by atoms with E-state index in [9.17, 15) is 19.5 Å². The zero-order valence-electron chi connectivity index (χ0n) is 10.6. The Morgan fingerprint density at radius 3 is 2.80 bits per heavy atom. The smallest absolute Gasteiger partial charge is 0.321 e. The lowest BCUT2D eigenvalue weighted by molar-refractivity contribution is -0.160. The summed E-state index contributed by atoms with van der Waals surface area (Å²) in [7, 11) is 0. The molecule has 1 aromatic rings. The Morgan fingerprint density at radius 2 is 2.20 bits per heavy atom. The average Bonchev–Trinajstić information content (AvgIpc) is 2.66. The zero-order chi connectivity index (χ0) is 14.9. The minimum absolute atomic E-state index is 0.0578. The molecule has 20 heavy (non-hydrogen) atoms. The number of hydrogen-bond acceptors (Lipinski definition) is 4. The molecular weight excluding hydrogens is 330 g/mol. The Balaban J connectivity index is 2.44. The van der Waals surface area contributed by atoms with Crippen molar-refractivity contribution >= 4 is 39.5 Å². The van der Waals surface area contributed by atoms with Crippen LogP contribution in [-0.2, 0) is 19.1 Å². The highest BCUT2D eigenvalue weighted by molar-refractivity contribution is 9.10. The molecule has 2 unspecified atom stereocenters. The summed E-state index contributed by atoms with van der Waals surface area (Å²) in [6, 6.07) is 5.01. The van der Waals surface area contributed by atoms with Crippen molar-refractivity contribution in [1.29, 1.82) is 0 Å². The summed E-state index contributed by atoms with van der Waals surface area (Å²) in [5, 5.41) is 11.8. The summed E-state index contributed by atoms with van der Waals surface area (Å²) in [5.41, 5.74) is 0.989. The molecule has 7 heteroatoms. The van der Waals surface area contributed by atoms with Gasteiger partial charge in [0.2, 0.25) is 5.91 Å². The van der Waals surface area contributed by atoms with Gasteiger partial charge in [-0.2, -0.15) is 0 Å². The summed E-state index contributed by atoms with van der Waals surface area (Å²) < 4.78 is 5.46. The van der Waals surface area contributed by atoms with E-state index in [0.717, 1.165) is 0 Å². The molecule has 0 aliphatic carbocycles. The van der Waals surface area contributed by atoms with Crippen LogP contribution in [0, 0.1) is 5.92 Å². The van der Waals surface area contributed by atoms with E-state index in [1.54, 1.807) is 25.1 Å². The number of carbonyl (C=O) groups is 3. The fourth-order valence-electron chi connectivity index (χ4n) is 2.20. The minimum Gasteiger partial charge on any atom is -0.481 e. The van der Waals surface area contributed by atoms with Crippen molar-refractivity contribution in [2.45, 2.75) is 12.8 Å². The molecule has 1 aliphatic rings. The third-order valence-corrected chi connectivity index (χ3v) is 3.52. The van der Waals surface area contributed by atoms with Gasteiger partial charge in [0.1, 0.15) is 0 Å². The molecule has 2 N–H and O–H groups in total. The Labute approximate surface area is 123 Å². The number of benzene rings is 1. The van der Waals surface area contributed by atoms with Gasteiger partial charge < -0.3 is 15.2 Å². The van der Waals surface area contributed by atoms with Gasteiger partial charge in [-0.15, -0.1) is 0 Å². The summed E-state index contributed by atoms with van der Waals surface area (Å²) in [6.45, 7) is 1.64. The van der Waals surface area contributed by atoms with Crippen LogP contribution < -0.4 is 5.32 Å². The van der Waals surface area contributed by atoms with Crippen molar-refractivity contribution in [3.63, 3.8) is 0 Å². The predicted octanol–water partition coefficient (Wildman–Crippen LogP) is 1.75. The van der Waals surface area contributed by atoms with Gasteiger partial charge in [0.15, 0.2) is 5.92 Å². The van der Waals surface area contributed by atoms with Gasteiger partial charge in [-0.3, -0.25) is 14.4 Å². The fraction of sp³-hybridized carbons (Fsp3) is 0.308. The standard InChI is InChI=1S/C13H12BrNO5/c1-2-20-13(19)10(12(17)18)9-7-5-6(14)3-4-8(7)15-11(9)16/h3-5,9-10H,2H2,1H3,(H,15,16)(H,17,18). The number of nitrogens with one attached hydrogen (secondary N) is 1. The number of ether oxygens (including phenoxy) is 1. The maximum absolute atomic E-state index is 12.0. The molecule has 1 aromatic carbocycles. The van der Waals surface area contributed by atoms with Crippen molar-refractivity contribution < 1.29 is 24.2 Å². The first-order valence-electron chi connectivity index (χ1n) is 5.95. The highest BCUT2D eigenvalue weighted by Crippen LogP contribution is 2.39. The number of carboxylic acid groups (broad SMARTS) is 1. The number of anilines is 1. The van der Waals surface area contributed by atoms with Crippen LogP contribution in [0.5, 0.6) is 0 Å². The van der Waals surface area contributed by atoms with Crippen LogP contribution in [0.25, 0.3) is 0 Å². The van der Waals surface area contributed by atoms with E-state index in [0.29, 0.717) is 15.7 Å². The number of carbonyl (C=O) groups excluding carboxylic acids is 2. The second-order valence-corrected chi connectivity index (χ2v) is 5.18. The lowest BCUT2D eigenvalue weighted by atomic mass is 9.87. The molecule has 0 saturated heterocycles. The van der Waals surface area contributed by atoms with Crippen LogP contribution in [-0.4, -0.2) is 29.6 Å². The Bertz CT molecular complexity index is 586. The lowest BCUT2D eigenvalue weighted by Crippen LogP contribution is -2.35. The summed E-state index contributed by atoms with van der Waals surface area (Å²) in [4.78, 5) is 35.2. The van der Waals surface area contributed by atoms with Crippen LogP contribution in [0.2, 0.25) is 0 Å². The molecule has 1 aliphatic heterocycles. The van der Waals surface area contributed by atoms with Crippen molar-refractivity contribution in [3.05, 3.63) is 28.2 Å². The molecule has 0 fully saturated rings. The zero-order valence-corrected chi connectivity index (χ0v) is 12.1. The van der Waals surface area contributed by atoms with Gasteiger partial charge in [-0.25, -0.2) is 0 Å². The molecule has 0 radical (unpaired) electrons. The van der Waals surface area contributed by atoms with Crippen molar-refractivity contribution in [1.82, 2.24) is 0 Å². The molecule has 0 spiro atoms. The van der Waals surface area contributed by atoms with Gasteiger partial charge in [-0.1, -0.05) is 15.9 Å². The first-order valence-corrected chi connectivity index (χ1v) is 6.74. The monoisotopic (exact) mass is 341 g/mol. The quantitative estimate of drug-likeness (QED) is 0.642. The summed E-state index contributed by atoms with van der Waals surface area (Å²) in [6.07, 6.45) is 0. The first kappa shape index (κ1) is 14.5. The van der Waals surface area contributed by atoms with E-state index in [4.69, 9.17) is 4.74 Å². The third kappa shape index (κ3) is 2.53. The number of halogens is 1. The fourth-order valence-corrected chi connectivity index (χ4v) is 2.58. The highest BCUT2D eigenvalue weighted by atomic mass is 79.9. The molecule has 6 nitrogen and oxygen atoms in total. The van der Waals surface area contributed by atoms with Crippen molar-refractivity contribution in [2.24, 2.45) is 5.92 Å². The number of amides is 1. The van der Waals surface area contributed by atoms with Crippen LogP contribution in [0.4, 0.5) is 5.69 Å². The van der Waals surface area contributed by atoms with Crippen LogP contribution in [0.3, 0.4) is 0 Å². The van der Waals surface area contributed by atoms with E-state index in [1.807, 2.05) is 0 Å². The molecule has 1 heterocycles. The second-order valence-electron chi connectivity index (χ2n) is 4.27. The molecule has 2 atom stereocenters. The lowest BCUT2D eigenvalue weighted by Gasteiger charge is -2.16. The Kier molecular flexibility index (Phi) is 4.08. The molecule has 1 amide bonds. The predicted molar refractivity (Wildman–Crippen MR) is 73.3 cm³/mol. The third-order valence-electron chi connectivity index (χ3n) is 3.03. The normalized spacial score (nSPS) is 18.1. The van der Waals surface area contributed by atoms with Gasteiger partial charge in [0, 0.05) is 10.2 Å². The number of fused-ring (bicyclic) bond motifs is 1. The number of rotatable bonds is 4. The summed E-state index contributed by atoms with van der Waals surface area (Å²) >= 11 is 3.26. The number of carboxylic acids is 1. The van der Waals surface area contributed by atoms with Crippen molar-refractivity contribution in [2.75, 3.05) is 11.9 Å². The van der Waals surface area contributed by atoms with E-state index in [1.165, 1.54) is 0 Å². The van der Waals surface area contributed by atoms with E-state index < -0.39 is 29.7 Å². The van der Waals surface area contributed by atoms with Gasteiger partial charge in [0.05, 0.1) is 12.5 Å². The molecule has 2 rings (SSSR count). The molecule has 0 bridgehead atoms. The highest BCUT2D eigenvalue weighted by Gasteiger charge is 2.45. The molecule has 106 valence electrons. The largest absolute Gasteiger partial charge is 0.481 e. The number of esters is 1. The van der Waals surface area contributed by atoms with Crippen molar-refractivity contribution in [3.8, 4) is 0 Å². The van der Waals surface area contributed by atoms with E-state index in [-0.39, 0.29) is 6.61 Å². The van der Waals surface area contributed by atoms with E-state index in [2.05, 4.69) is 21.2 Å². The topological polar surface area (TPSA) is 92.7 Å². The van der Waals surface area contributed by atoms with E-state index >= 15 is 0 Å². The van der Waals surface area contributed by atoms with Crippen LogP contribution in [0.15, 0.2) is 22.7 Å². The first-order chi connectivity index (χ1) is 9.45. The van der Waals surface area contributed by atoms with Crippen LogP contribution in [0.1, 0.15) is 18.4 Å². The van der Waals surface area contributed by atoms with Gasteiger partial charge in [-0.05, 0) is 30.7 Å². The number of aliphatic carboxylic acids is 1. The Morgan fingerprint density at radius 1 is 1.50 bits per heavy atom. The Hall–Kier alpha value is -1.89. The molecule has 0 saturated carbocycles. The van der Waals surface area contributed by atoms with Gasteiger partial charge >= 0.3 is 11.9 Å². The minimum atomic E-state index is -1.55. The second kappa shape index (κ2) is 5.62. The SMILES string of the molecule is CCOC(=O)C(C(=O)O)C1C(=O)Nc2ccc(Br)cc21.